The molecule has 0 aliphatic heterocycles. The molecule has 0 saturated carbocycles. The fourth-order valence-corrected chi connectivity index (χ4v) is 1.79. The summed E-state index contributed by atoms with van der Waals surface area (Å²) in [6.45, 7) is 1.66. The van der Waals surface area contributed by atoms with Gasteiger partial charge in [0.15, 0.2) is 0 Å². The molecular formula is C12H11Cl2N5O2. The Bertz CT molecular complexity index is 732. The van der Waals surface area contributed by atoms with E-state index in [0.717, 1.165) is 0 Å². The number of amides is 2. The minimum atomic E-state index is -0.558. The van der Waals surface area contributed by atoms with Crippen molar-refractivity contribution in [3.05, 3.63) is 50.4 Å². The van der Waals surface area contributed by atoms with Crippen molar-refractivity contribution < 1.29 is 4.79 Å². The second-order valence-corrected chi connectivity index (χ2v) is 4.88. The zero-order chi connectivity index (χ0) is 15.4. The summed E-state index contributed by atoms with van der Waals surface area (Å²) < 4.78 is 0. The molecule has 2 rings (SSSR count). The maximum absolute atomic E-state index is 11.7. The Morgan fingerprint density at radius 3 is 2.67 bits per heavy atom. The summed E-state index contributed by atoms with van der Waals surface area (Å²) in [5.41, 5.74) is 5.48. The number of carbonyl (C=O) groups is 1. The Morgan fingerprint density at radius 1 is 1.24 bits per heavy atom. The number of hydrogen-bond donors (Lipinski definition) is 4. The number of nitrogens with zero attached hydrogens (tertiary/aromatic N) is 1. The van der Waals surface area contributed by atoms with Crippen LogP contribution in [0.2, 0.25) is 10.0 Å². The number of aromatic amines is 1. The maximum Gasteiger partial charge on any atom is 0.337 e. The molecule has 0 saturated heterocycles. The molecule has 0 aliphatic rings. The molecule has 1 aromatic heterocycles. The van der Waals surface area contributed by atoms with Gasteiger partial charge in [-0.2, -0.15) is 0 Å². The first-order chi connectivity index (χ1) is 9.94. The van der Waals surface area contributed by atoms with Gasteiger partial charge in [-0.15, -0.1) is 0 Å². The van der Waals surface area contributed by atoms with E-state index >= 15 is 0 Å². The first-order valence-electron chi connectivity index (χ1n) is 5.80. The van der Waals surface area contributed by atoms with E-state index in [1.807, 2.05) is 0 Å². The summed E-state index contributed by atoms with van der Waals surface area (Å²) in [7, 11) is 0. The lowest BCUT2D eigenvalue weighted by atomic mass is 10.3. The molecule has 0 aliphatic carbocycles. The molecule has 0 spiro atoms. The summed E-state index contributed by atoms with van der Waals surface area (Å²) in [6.07, 6.45) is 0. The van der Waals surface area contributed by atoms with Crippen LogP contribution >= 0.6 is 23.2 Å². The molecule has 9 heteroatoms. The number of hydrazine groups is 1. The lowest BCUT2D eigenvalue weighted by molar-refractivity contribution is 0.253. The smallest absolute Gasteiger partial charge is 0.307 e. The van der Waals surface area contributed by atoms with Crippen LogP contribution in [-0.4, -0.2) is 16.0 Å². The van der Waals surface area contributed by atoms with Gasteiger partial charge in [0, 0.05) is 17.4 Å². The van der Waals surface area contributed by atoms with Gasteiger partial charge in [0.25, 0.3) is 5.56 Å². The summed E-state index contributed by atoms with van der Waals surface area (Å²) >= 11 is 11.6. The Morgan fingerprint density at radius 2 is 2.00 bits per heavy atom. The number of rotatable bonds is 3. The Kier molecular flexibility index (Phi) is 4.66. The summed E-state index contributed by atoms with van der Waals surface area (Å²) in [5, 5.41) is 3.25. The second kappa shape index (κ2) is 6.47. The topological polar surface area (TPSA) is 98.9 Å². The van der Waals surface area contributed by atoms with Gasteiger partial charge in [-0.05, 0) is 25.1 Å². The van der Waals surface area contributed by atoms with E-state index in [2.05, 4.69) is 26.1 Å². The zero-order valence-electron chi connectivity index (χ0n) is 10.8. The zero-order valence-corrected chi connectivity index (χ0v) is 12.3. The van der Waals surface area contributed by atoms with E-state index in [1.54, 1.807) is 19.1 Å². The van der Waals surface area contributed by atoms with Crippen molar-refractivity contribution in [2.24, 2.45) is 0 Å². The highest BCUT2D eigenvalue weighted by Gasteiger charge is 2.05. The molecule has 0 unspecified atom stereocenters. The van der Waals surface area contributed by atoms with E-state index in [1.165, 1.54) is 12.1 Å². The number of halogens is 2. The molecule has 7 nitrogen and oxygen atoms in total. The molecule has 1 heterocycles. The number of aryl methyl sites for hydroxylation is 1. The SMILES string of the molecule is Cc1cc(=O)[nH]c(NNC(=O)Nc2ccc(Cl)c(Cl)c2)n1. The van der Waals surface area contributed by atoms with Crippen LogP contribution in [0.15, 0.2) is 29.1 Å². The number of H-pyrrole nitrogens is 1. The Balaban J connectivity index is 1.95. The van der Waals surface area contributed by atoms with E-state index in [4.69, 9.17) is 23.2 Å². The first-order valence-corrected chi connectivity index (χ1v) is 6.55. The van der Waals surface area contributed by atoms with Crippen LogP contribution in [0.3, 0.4) is 0 Å². The van der Waals surface area contributed by atoms with Crippen LogP contribution in [0.4, 0.5) is 16.4 Å². The average Bonchev–Trinajstić information content (AvgIpc) is 2.40. The highest BCUT2D eigenvalue weighted by molar-refractivity contribution is 6.42. The first kappa shape index (κ1) is 15.1. The minimum absolute atomic E-state index is 0.129. The molecule has 21 heavy (non-hydrogen) atoms. The number of aromatic nitrogens is 2. The number of anilines is 2. The predicted molar refractivity (Wildman–Crippen MR) is 81.8 cm³/mol. The molecular weight excluding hydrogens is 317 g/mol. The molecule has 0 radical (unpaired) electrons. The molecule has 2 amide bonds. The van der Waals surface area contributed by atoms with E-state index in [-0.39, 0.29) is 11.5 Å². The minimum Gasteiger partial charge on any atom is -0.307 e. The molecule has 0 bridgehead atoms. The van der Waals surface area contributed by atoms with E-state index in [0.29, 0.717) is 21.4 Å². The van der Waals surface area contributed by atoms with Gasteiger partial charge < -0.3 is 5.32 Å². The molecule has 2 aromatic rings. The van der Waals surface area contributed by atoms with Gasteiger partial charge in [-0.25, -0.2) is 15.2 Å². The van der Waals surface area contributed by atoms with Crippen LogP contribution in [0, 0.1) is 6.92 Å². The van der Waals surface area contributed by atoms with E-state index < -0.39 is 6.03 Å². The van der Waals surface area contributed by atoms with Crippen LogP contribution < -0.4 is 21.7 Å². The Labute approximate surface area is 129 Å². The molecule has 4 N–H and O–H groups in total. The van der Waals surface area contributed by atoms with E-state index in [9.17, 15) is 9.59 Å². The largest absolute Gasteiger partial charge is 0.337 e. The fourth-order valence-electron chi connectivity index (χ4n) is 1.49. The van der Waals surface area contributed by atoms with Gasteiger partial charge in [-0.3, -0.25) is 15.2 Å². The third kappa shape index (κ3) is 4.37. The monoisotopic (exact) mass is 327 g/mol. The third-order valence-electron chi connectivity index (χ3n) is 2.34. The van der Waals surface area contributed by atoms with Crippen LogP contribution in [0.5, 0.6) is 0 Å². The predicted octanol–water partition coefficient (Wildman–Crippen LogP) is 2.53. The normalized spacial score (nSPS) is 10.0. The summed E-state index contributed by atoms with van der Waals surface area (Å²) in [6, 6.07) is 5.45. The quantitative estimate of drug-likeness (QED) is 0.651. The van der Waals surface area contributed by atoms with Crippen LogP contribution in [0.25, 0.3) is 0 Å². The van der Waals surface area contributed by atoms with Crippen molar-refractivity contribution in [3.8, 4) is 0 Å². The number of nitrogens with one attached hydrogen (secondary N) is 4. The Hall–Kier alpha value is -2.25. The molecule has 1 aromatic carbocycles. The van der Waals surface area contributed by atoms with Crippen molar-refractivity contribution in [1.29, 1.82) is 0 Å². The van der Waals surface area contributed by atoms with Gasteiger partial charge in [0.05, 0.1) is 10.0 Å². The number of hydrogen-bond acceptors (Lipinski definition) is 4. The highest BCUT2D eigenvalue weighted by Crippen LogP contribution is 2.24. The highest BCUT2D eigenvalue weighted by atomic mass is 35.5. The van der Waals surface area contributed by atoms with Gasteiger partial charge in [0.2, 0.25) is 5.95 Å². The van der Waals surface area contributed by atoms with Gasteiger partial charge >= 0.3 is 6.03 Å². The molecule has 0 fully saturated rings. The fraction of sp³-hybridized carbons (Fsp3) is 0.0833. The van der Waals surface area contributed by atoms with Crippen molar-refractivity contribution >= 4 is 40.9 Å². The standard InChI is InChI=1S/C12H11Cl2N5O2/c1-6-4-10(20)17-11(15-6)18-19-12(21)16-7-2-3-8(13)9(14)5-7/h2-5H,1H3,(H2,16,19,21)(H2,15,17,18,20). The average molecular weight is 328 g/mol. The van der Waals surface area contributed by atoms with Crippen LogP contribution in [-0.2, 0) is 0 Å². The van der Waals surface area contributed by atoms with Crippen molar-refractivity contribution in [3.63, 3.8) is 0 Å². The van der Waals surface area contributed by atoms with Gasteiger partial charge in [0.1, 0.15) is 0 Å². The molecule has 110 valence electrons. The van der Waals surface area contributed by atoms with Crippen molar-refractivity contribution in [2.45, 2.75) is 6.92 Å². The van der Waals surface area contributed by atoms with Crippen molar-refractivity contribution in [1.82, 2.24) is 15.4 Å². The van der Waals surface area contributed by atoms with Gasteiger partial charge in [-0.1, -0.05) is 23.2 Å². The number of carbonyl (C=O) groups excluding carboxylic acids is 1. The summed E-state index contributed by atoms with van der Waals surface area (Å²) in [4.78, 5) is 29.3. The number of benzene rings is 1. The van der Waals surface area contributed by atoms with Crippen LogP contribution in [0.1, 0.15) is 5.69 Å². The molecule has 0 atom stereocenters. The maximum atomic E-state index is 11.7. The second-order valence-electron chi connectivity index (χ2n) is 4.07. The van der Waals surface area contributed by atoms with Crippen molar-refractivity contribution in [2.75, 3.05) is 10.7 Å². The summed E-state index contributed by atoms with van der Waals surface area (Å²) in [5.74, 6) is 0.129. The number of urea groups is 1. The lowest BCUT2D eigenvalue weighted by Crippen LogP contribution is -2.35. The lowest BCUT2D eigenvalue weighted by Gasteiger charge is -2.09. The third-order valence-corrected chi connectivity index (χ3v) is 3.08.